The van der Waals surface area contributed by atoms with E-state index in [2.05, 4.69) is 55.4 Å². The Labute approximate surface area is 190 Å². The third-order valence-electron chi connectivity index (χ3n) is 7.27. The molecule has 0 saturated carbocycles. The number of fused-ring (bicyclic) bond motifs is 1. The summed E-state index contributed by atoms with van der Waals surface area (Å²) >= 11 is 0. The van der Waals surface area contributed by atoms with E-state index in [9.17, 15) is 4.79 Å². The molecule has 0 radical (unpaired) electrons. The molecule has 0 aromatic heterocycles. The maximum Gasteiger partial charge on any atom is 0.200 e. The molecule has 0 N–H and O–H groups in total. The molecule has 0 fully saturated rings. The Hall–Kier alpha value is -1.59. The van der Waals surface area contributed by atoms with Crippen LogP contribution in [0.3, 0.4) is 0 Å². The van der Waals surface area contributed by atoms with Crippen molar-refractivity contribution in [3.05, 3.63) is 46.0 Å². The van der Waals surface area contributed by atoms with E-state index in [1.807, 2.05) is 6.92 Å². The van der Waals surface area contributed by atoms with E-state index >= 15 is 0 Å². The average molecular weight is 447 g/mol. The molecule has 31 heavy (non-hydrogen) atoms. The molecule has 2 aliphatic carbocycles. The highest BCUT2D eigenvalue weighted by Crippen LogP contribution is 2.57. The first-order chi connectivity index (χ1) is 14.4. The average Bonchev–Trinajstić information content (AvgIpc) is 2.89. The predicted octanol–water partition coefficient (Wildman–Crippen LogP) is 6.86. The van der Waals surface area contributed by atoms with Crippen molar-refractivity contribution < 1.29 is 18.7 Å². The number of ether oxygens (including phenoxy) is 2. The van der Waals surface area contributed by atoms with Gasteiger partial charge in [0.2, 0.25) is 8.32 Å². The Morgan fingerprint density at radius 1 is 1.13 bits per heavy atom. The molecule has 1 atom stereocenters. The van der Waals surface area contributed by atoms with Crippen molar-refractivity contribution in [1.82, 2.24) is 0 Å². The minimum atomic E-state index is -2.07. The first kappa shape index (κ1) is 25.7. The fourth-order valence-corrected chi connectivity index (χ4v) is 11.8. The molecule has 0 aliphatic heterocycles. The molecular weight excluding hydrogens is 404 g/mol. The van der Waals surface area contributed by atoms with Crippen LogP contribution in [0, 0.1) is 5.41 Å². The zero-order chi connectivity index (χ0) is 23.7. The van der Waals surface area contributed by atoms with Crippen LogP contribution in [0.4, 0.5) is 0 Å². The second-order valence-corrected chi connectivity index (χ2v) is 15.7. The van der Waals surface area contributed by atoms with Gasteiger partial charge in [-0.1, -0.05) is 48.5 Å². The van der Waals surface area contributed by atoms with E-state index in [0.29, 0.717) is 29.7 Å². The highest BCUT2D eigenvalue weighted by molar-refractivity contribution is 6.77. The van der Waals surface area contributed by atoms with Crippen molar-refractivity contribution in [3.8, 4) is 0 Å². The number of hydrogen-bond donors (Lipinski definition) is 0. The standard InChI is InChI=1S/C26H42O4Si/c1-16(2)31(17(3)4,18(5)6)30-15-22-23(20(8)14-28-10)26(9)13-21(27)12-19(7)24(26)25(22)29-11/h12,14,16-18H,13,15H2,1-11H3/b20-14+/t26-/m1/s1. The predicted molar refractivity (Wildman–Crippen MR) is 130 cm³/mol. The van der Waals surface area contributed by atoms with E-state index in [-0.39, 0.29) is 5.78 Å². The summed E-state index contributed by atoms with van der Waals surface area (Å²) in [6.45, 7) is 20.5. The monoisotopic (exact) mass is 446 g/mol. The van der Waals surface area contributed by atoms with Crippen molar-refractivity contribution in [2.45, 2.75) is 85.4 Å². The van der Waals surface area contributed by atoms with Gasteiger partial charge in [0, 0.05) is 23.0 Å². The largest absolute Gasteiger partial charge is 0.504 e. The Bertz CT molecular complexity index is 820. The first-order valence-corrected chi connectivity index (χ1v) is 13.6. The second-order valence-electron chi connectivity index (χ2n) is 10.2. The zero-order valence-corrected chi connectivity index (χ0v) is 22.4. The summed E-state index contributed by atoms with van der Waals surface area (Å²) in [5.74, 6) is 1.01. The van der Waals surface area contributed by atoms with Gasteiger partial charge in [-0.2, -0.15) is 0 Å². The Balaban J connectivity index is 2.70. The number of carbonyl (C=O) groups excluding carboxylic acids is 1. The van der Waals surface area contributed by atoms with Gasteiger partial charge in [-0.15, -0.1) is 0 Å². The Morgan fingerprint density at radius 3 is 2.13 bits per heavy atom. The molecule has 2 rings (SSSR count). The number of allylic oxidation sites excluding steroid dienone is 5. The third-order valence-corrected chi connectivity index (χ3v) is 13.3. The maximum absolute atomic E-state index is 12.6. The number of methoxy groups -OCH3 is 2. The van der Waals surface area contributed by atoms with Crippen molar-refractivity contribution >= 4 is 14.1 Å². The highest BCUT2D eigenvalue weighted by Gasteiger charge is 2.50. The second kappa shape index (κ2) is 9.49. The van der Waals surface area contributed by atoms with Crippen LogP contribution in [0.2, 0.25) is 16.6 Å². The topological polar surface area (TPSA) is 44.8 Å². The highest BCUT2D eigenvalue weighted by atomic mass is 28.4. The van der Waals surface area contributed by atoms with Crippen LogP contribution in [0.5, 0.6) is 0 Å². The van der Waals surface area contributed by atoms with Gasteiger partial charge in [0.15, 0.2) is 5.78 Å². The van der Waals surface area contributed by atoms with Gasteiger partial charge < -0.3 is 13.9 Å². The third kappa shape index (κ3) is 4.23. The summed E-state index contributed by atoms with van der Waals surface area (Å²) in [6, 6.07) is 0. The van der Waals surface area contributed by atoms with Gasteiger partial charge in [-0.25, -0.2) is 0 Å². The first-order valence-electron chi connectivity index (χ1n) is 11.5. The SMILES string of the molecule is CO/C=C(\C)C1=C(CO[Si](C(C)C)(C(C)C)C(C)C)C(OC)=C2C(C)=CC(=O)C[C@@]21C. The van der Waals surface area contributed by atoms with Crippen LogP contribution < -0.4 is 0 Å². The van der Waals surface area contributed by atoms with Crippen LogP contribution in [0.25, 0.3) is 0 Å². The molecule has 0 aromatic rings. The number of hydrogen-bond acceptors (Lipinski definition) is 4. The van der Waals surface area contributed by atoms with E-state index in [1.54, 1.807) is 26.6 Å². The Kier molecular flexibility index (Phi) is 7.86. The van der Waals surface area contributed by atoms with E-state index < -0.39 is 13.7 Å². The van der Waals surface area contributed by atoms with Gasteiger partial charge in [0.1, 0.15) is 5.76 Å². The summed E-state index contributed by atoms with van der Waals surface area (Å²) in [7, 11) is 1.32. The summed E-state index contributed by atoms with van der Waals surface area (Å²) in [5, 5.41) is 0. The molecule has 0 bridgehead atoms. The molecule has 0 heterocycles. The van der Waals surface area contributed by atoms with E-state index in [0.717, 1.165) is 33.6 Å². The lowest BCUT2D eigenvalue weighted by Crippen LogP contribution is -2.48. The van der Waals surface area contributed by atoms with Crippen molar-refractivity contribution in [3.63, 3.8) is 0 Å². The quantitative estimate of drug-likeness (QED) is 0.286. The van der Waals surface area contributed by atoms with Gasteiger partial charge in [-0.3, -0.25) is 4.79 Å². The molecule has 4 nitrogen and oxygen atoms in total. The van der Waals surface area contributed by atoms with Crippen LogP contribution in [0.15, 0.2) is 46.0 Å². The molecule has 2 aliphatic rings. The summed E-state index contributed by atoms with van der Waals surface area (Å²) < 4.78 is 18.4. The summed E-state index contributed by atoms with van der Waals surface area (Å²) in [4.78, 5) is 12.6. The normalized spacial score (nSPS) is 22.7. The van der Waals surface area contributed by atoms with Gasteiger partial charge >= 0.3 is 0 Å². The van der Waals surface area contributed by atoms with E-state index in [1.165, 1.54) is 0 Å². The fraction of sp³-hybridized carbons (Fsp3) is 0.654. The summed E-state index contributed by atoms with van der Waals surface area (Å²) in [6.07, 6.45) is 3.95. The van der Waals surface area contributed by atoms with Crippen LogP contribution in [0.1, 0.15) is 68.7 Å². The molecule has 0 spiro atoms. The van der Waals surface area contributed by atoms with Crippen LogP contribution in [-0.4, -0.2) is 34.9 Å². The van der Waals surface area contributed by atoms with E-state index in [4.69, 9.17) is 13.9 Å². The lowest BCUT2D eigenvalue weighted by molar-refractivity contribution is -0.116. The van der Waals surface area contributed by atoms with Gasteiger partial charge in [-0.05, 0) is 53.3 Å². The van der Waals surface area contributed by atoms with Crippen LogP contribution in [-0.2, 0) is 18.7 Å². The molecule has 5 heteroatoms. The minimum absolute atomic E-state index is 0.152. The van der Waals surface area contributed by atoms with Crippen LogP contribution >= 0.6 is 0 Å². The molecule has 0 saturated heterocycles. The minimum Gasteiger partial charge on any atom is -0.504 e. The molecule has 0 unspecified atom stereocenters. The molecular formula is C26H42O4Si. The lowest BCUT2D eigenvalue weighted by Gasteiger charge is -2.42. The molecule has 174 valence electrons. The Morgan fingerprint density at radius 2 is 1.68 bits per heavy atom. The fourth-order valence-electron chi connectivity index (χ4n) is 6.45. The van der Waals surface area contributed by atoms with Gasteiger partial charge in [0.05, 0.1) is 27.1 Å². The van der Waals surface area contributed by atoms with Gasteiger partial charge in [0.25, 0.3) is 0 Å². The lowest BCUT2D eigenvalue weighted by atomic mass is 9.67. The maximum atomic E-state index is 12.6. The number of rotatable bonds is 9. The molecule has 0 aromatic carbocycles. The van der Waals surface area contributed by atoms with Crippen molar-refractivity contribution in [1.29, 1.82) is 0 Å². The summed E-state index contributed by atoms with van der Waals surface area (Å²) in [5.41, 5.74) is 6.33. The van der Waals surface area contributed by atoms with Crippen molar-refractivity contribution in [2.24, 2.45) is 5.41 Å². The number of ketones is 1. The molecule has 0 amide bonds. The van der Waals surface area contributed by atoms with Crippen molar-refractivity contribution in [2.75, 3.05) is 20.8 Å². The zero-order valence-electron chi connectivity index (χ0n) is 21.4. The smallest absolute Gasteiger partial charge is 0.200 e. The number of carbonyl (C=O) groups is 1.